The van der Waals surface area contributed by atoms with Gasteiger partial charge in [0.15, 0.2) is 34.0 Å². The van der Waals surface area contributed by atoms with Gasteiger partial charge in [-0.2, -0.15) is 49.9 Å². The fraction of sp³-hybridized carbons (Fsp3) is 0.426. The van der Waals surface area contributed by atoms with Gasteiger partial charge >= 0.3 is 0 Å². The van der Waals surface area contributed by atoms with E-state index in [9.17, 15) is 30.3 Å². The van der Waals surface area contributed by atoms with Crippen molar-refractivity contribution in [2.75, 3.05) is 75.1 Å². The second kappa shape index (κ2) is 27.1. The molecule has 14 rings (SSSR count). The van der Waals surface area contributed by atoms with Gasteiger partial charge in [-0.3, -0.25) is 4.79 Å². The molecule has 2 aliphatic heterocycles. The van der Waals surface area contributed by atoms with Crippen LogP contribution in [0.5, 0.6) is 23.0 Å². The number of carbonyl (C=O) groups is 1. The Morgan fingerprint density at radius 3 is 1.23 bits per heavy atom. The number of hydrogen-bond donors (Lipinski definition) is 7. The molecule has 4 aliphatic rings. The first-order valence-electron chi connectivity index (χ1n) is 32.5. The third-order valence-electron chi connectivity index (χ3n) is 19.5. The molecule has 0 bridgehead atoms. The lowest BCUT2D eigenvalue weighted by Gasteiger charge is -2.24. The van der Waals surface area contributed by atoms with Gasteiger partial charge in [-0.05, 0) is 115 Å². The zero-order chi connectivity index (χ0) is 66.3. The fourth-order valence-corrected chi connectivity index (χ4v) is 14.2. The molecule has 2 saturated heterocycles. The maximum Gasteiger partial charge on any atom is 0.229 e. The van der Waals surface area contributed by atoms with Crippen molar-refractivity contribution in [2.45, 2.75) is 119 Å². The molecule has 0 unspecified atom stereocenters. The lowest BCUT2D eigenvalue weighted by Crippen LogP contribution is -2.31. The Morgan fingerprint density at radius 2 is 0.885 bits per heavy atom. The number of hydrogen-bond acceptors (Lipinski definition) is 24. The summed E-state index contributed by atoms with van der Waals surface area (Å²) in [5.74, 6) is 4.68. The van der Waals surface area contributed by atoms with Gasteiger partial charge in [-0.15, -0.1) is 0 Å². The molecule has 500 valence electrons. The molecule has 7 N–H and O–H groups in total. The summed E-state index contributed by atoms with van der Waals surface area (Å²) in [6.45, 7) is 3.83. The lowest BCUT2D eigenvalue weighted by atomic mass is 9.94. The van der Waals surface area contributed by atoms with Crippen molar-refractivity contribution in [2.24, 2.45) is 11.8 Å². The van der Waals surface area contributed by atoms with E-state index in [0.29, 0.717) is 133 Å². The Balaban J connectivity index is 0.727. The van der Waals surface area contributed by atoms with Crippen LogP contribution < -0.4 is 39.4 Å². The summed E-state index contributed by atoms with van der Waals surface area (Å²) in [5.41, 5.74) is 6.60. The molecule has 2 aliphatic carbocycles. The van der Waals surface area contributed by atoms with E-state index in [1.165, 1.54) is 15.8 Å². The van der Waals surface area contributed by atoms with Gasteiger partial charge < -0.3 is 74.0 Å². The minimum atomic E-state index is -1.25. The van der Waals surface area contributed by atoms with E-state index in [1.807, 2.05) is 109 Å². The van der Waals surface area contributed by atoms with Gasteiger partial charge in [0.1, 0.15) is 71.0 Å². The molecule has 4 fully saturated rings. The van der Waals surface area contributed by atoms with Gasteiger partial charge in [0.05, 0.1) is 90.0 Å². The van der Waals surface area contributed by atoms with E-state index in [2.05, 4.69) is 40.8 Å². The SMILES string of the molecule is CCc1cnn([C@H]2C[C@@H](n3cnc4c(NC(c5ccc(OC)cc5)c5ccc(OC)cc5)nc(N5CC[C@@H](CC(=O)C[C@@H]6CCN(c7nc(NC(c8ccc(OC)cc8)c8ccc(OC)cc8)c8ncn([C@@H]9C[C@H](n%10ncc(CO)n%10)[C@@H](O)[C@H]9O)c8n7)C6)C5)nc43)[C@H](O)[C@@H]2O)n1. The van der Waals surface area contributed by atoms with Crippen LogP contribution in [0.4, 0.5) is 23.5 Å². The van der Waals surface area contributed by atoms with Crippen molar-refractivity contribution in [3.8, 4) is 23.0 Å². The second-order valence-electron chi connectivity index (χ2n) is 25.3. The topological polar surface area (TPSA) is 334 Å². The summed E-state index contributed by atoms with van der Waals surface area (Å²) < 4.78 is 25.8. The van der Waals surface area contributed by atoms with Gasteiger partial charge in [-0.25, -0.2) is 9.97 Å². The van der Waals surface area contributed by atoms with Gasteiger partial charge in [0.2, 0.25) is 11.9 Å². The Bertz CT molecular complexity index is 3970. The molecule has 6 aromatic heterocycles. The number of nitrogens with zero attached hydrogens (tertiary/aromatic N) is 16. The maximum atomic E-state index is 14.5. The number of ether oxygens (including phenoxy) is 4. The van der Waals surface area contributed by atoms with Crippen LogP contribution >= 0.6 is 0 Å². The molecular formula is C68H78N18O10. The summed E-state index contributed by atoms with van der Waals surface area (Å²) in [5, 5.41) is 81.5. The van der Waals surface area contributed by atoms with Crippen LogP contribution in [-0.2, 0) is 17.8 Å². The Morgan fingerprint density at radius 1 is 0.521 bits per heavy atom. The summed E-state index contributed by atoms with van der Waals surface area (Å²) in [6, 6.07) is 27.7. The number of aliphatic hydroxyl groups is 5. The van der Waals surface area contributed by atoms with Crippen LogP contribution in [0, 0.1) is 11.8 Å². The molecule has 0 spiro atoms. The first kappa shape index (κ1) is 63.5. The summed E-state index contributed by atoms with van der Waals surface area (Å²) >= 11 is 0. The summed E-state index contributed by atoms with van der Waals surface area (Å²) in [7, 11) is 6.51. The van der Waals surface area contributed by atoms with Crippen LogP contribution in [0.15, 0.2) is 122 Å². The summed E-state index contributed by atoms with van der Waals surface area (Å²) in [4.78, 5) is 52.2. The predicted octanol–water partition coefficient (Wildman–Crippen LogP) is 6.16. The van der Waals surface area contributed by atoms with Crippen LogP contribution in [0.3, 0.4) is 0 Å². The number of rotatable bonds is 24. The van der Waals surface area contributed by atoms with Crippen molar-refractivity contribution in [1.29, 1.82) is 0 Å². The number of aryl methyl sites for hydroxylation is 1. The quantitative estimate of drug-likeness (QED) is 0.0356. The number of aromatic nitrogens is 14. The third kappa shape index (κ3) is 12.4. The van der Waals surface area contributed by atoms with Crippen molar-refractivity contribution in [3.05, 3.63) is 156 Å². The van der Waals surface area contributed by atoms with Crippen molar-refractivity contribution >= 4 is 51.6 Å². The number of nitrogens with one attached hydrogen (secondary N) is 2. The molecule has 0 radical (unpaired) electrons. The first-order valence-corrected chi connectivity index (χ1v) is 32.5. The predicted molar refractivity (Wildman–Crippen MR) is 353 cm³/mol. The third-order valence-corrected chi connectivity index (χ3v) is 19.5. The Labute approximate surface area is 552 Å². The van der Waals surface area contributed by atoms with E-state index in [4.69, 9.17) is 48.9 Å². The molecular weight excluding hydrogens is 1230 g/mol. The average molecular weight is 1310 g/mol. The van der Waals surface area contributed by atoms with Gasteiger partial charge in [0, 0.05) is 39.0 Å². The largest absolute Gasteiger partial charge is 0.497 e. The fourth-order valence-electron chi connectivity index (χ4n) is 14.2. The smallest absolute Gasteiger partial charge is 0.229 e. The van der Waals surface area contributed by atoms with Crippen LogP contribution in [-0.4, -0.2) is 179 Å². The zero-order valence-electron chi connectivity index (χ0n) is 53.9. The number of carbonyl (C=O) groups excluding carboxylic acids is 1. The molecule has 4 aromatic carbocycles. The molecule has 28 nitrogen and oxygen atoms in total. The number of fused-ring (bicyclic) bond motifs is 2. The van der Waals surface area contributed by atoms with Crippen LogP contribution in [0.25, 0.3) is 22.3 Å². The van der Waals surface area contributed by atoms with Crippen LogP contribution in [0.2, 0.25) is 0 Å². The molecule has 28 heteroatoms. The van der Waals surface area contributed by atoms with Crippen molar-refractivity contribution in [1.82, 2.24) is 69.0 Å². The molecule has 0 amide bonds. The number of anilines is 4. The Kier molecular flexibility index (Phi) is 17.9. The number of ketones is 1. The van der Waals surface area contributed by atoms with E-state index < -0.39 is 60.7 Å². The molecule has 10 atom stereocenters. The van der Waals surface area contributed by atoms with E-state index >= 15 is 0 Å². The lowest BCUT2D eigenvalue weighted by molar-refractivity contribution is -0.120. The molecule has 2 saturated carbocycles. The normalized spacial score (nSPS) is 22.7. The first-order chi connectivity index (χ1) is 46.8. The highest BCUT2D eigenvalue weighted by Gasteiger charge is 2.47. The van der Waals surface area contributed by atoms with Crippen molar-refractivity contribution in [3.63, 3.8) is 0 Å². The monoisotopic (exact) mass is 1310 g/mol. The highest BCUT2D eigenvalue weighted by atomic mass is 16.5. The maximum absolute atomic E-state index is 14.5. The average Bonchev–Trinajstić information content (AvgIpc) is 1.58. The standard InChI is InChI=1S/C68H78N18O10/c1-6-44-31-71-85(79-44)53-29-51(59(89)61(53)91)83-36-69-57-63(73-55(40-7-15-47(93-2)16-8-40)41-9-17-48(94-3)18-10-41)75-67(77-65(57)83)81-25-23-38(33-81)27-46(88)28-39-24-26-82(34-39)68-76-64(74-56(42-11-19-49(95-4)20-12-42)43-13-21-50(96-5)22-14-43)58-66(78-68)84(37-70-58)52-30-54(62(92)60(52)90)86-72-32-45(35-87)80-86/h7-22,31-32,36-39,51-56,59-62,87,89-92H,6,23-30,33-35H2,1-5H3,(H,73,75,77)(H,74,76,78)/t38-,39-,51+,52+,53-,54-,59-,60-,61+,62+/m0/s1. The minimum absolute atomic E-state index is 0.00187. The molecule has 8 heterocycles. The summed E-state index contributed by atoms with van der Waals surface area (Å²) in [6.07, 6.45) is 4.87. The van der Waals surface area contributed by atoms with Gasteiger partial charge in [0.25, 0.3) is 0 Å². The number of imidazole rings is 2. The zero-order valence-corrected chi connectivity index (χ0v) is 53.9. The van der Waals surface area contributed by atoms with Gasteiger partial charge in [-0.1, -0.05) is 55.5 Å². The van der Waals surface area contributed by atoms with E-state index in [0.717, 1.165) is 34.4 Å². The van der Waals surface area contributed by atoms with Crippen LogP contribution in [0.1, 0.15) is 115 Å². The second-order valence-corrected chi connectivity index (χ2v) is 25.3. The number of aliphatic hydroxyl groups excluding tert-OH is 5. The minimum Gasteiger partial charge on any atom is -0.497 e. The highest BCUT2D eigenvalue weighted by Crippen LogP contribution is 2.44. The molecule has 10 aromatic rings. The Hall–Kier alpha value is -9.87. The number of Topliss-reactive ketones (excluding diaryl/α,β-unsaturated/α-hetero) is 1. The number of benzene rings is 4. The van der Waals surface area contributed by atoms with E-state index in [1.54, 1.807) is 51.9 Å². The van der Waals surface area contributed by atoms with Crippen molar-refractivity contribution < 1.29 is 49.3 Å². The molecule has 96 heavy (non-hydrogen) atoms. The number of methoxy groups -OCH3 is 4. The van der Waals surface area contributed by atoms with E-state index in [-0.39, 0.29) is 30.6 Å². The highest BCUT2D eigenvalue weighted by molar-refractivity contribution is 5.86.